The van der Waals surface area contributed by atoms with Crippen molar-refractivity contribution in [2.75, 3.05) is 16.9 Å². The summed E-state index contributed by atoms with van der Waals surface area (Å²) in [7, 11) is 1.00. The third-order valence-corrected chi connectivity index (χ3v) is 16.4. The number of aromatic nitrogens is 4. The number of carbonyl (C=O) groups is 2. The number of aliphatic hydroxyl groups is 1. The van der Waals surface area contributed by atoms with Crippen molar-refractivity contribution >= 4 is 24.1 Å². The molecular formula is C72H82F12N8O7. The van der Waals surface area contributed by atoms with Crippen LogP contribution in [0.1, 0.15) is 144 Å². The molecule has 2 fully saturated rings. The minimum absolute atomic E-state index is 0.0165. The topological polar surface area (TPSA) is 167 Å². The van der Waals surface area contributed by atoms with Gasteiger partial charge in [-0.25, -0.2) is 29.5 Å². The van der Waals surface area contributed by atoms with E-state index in [1.54, 1.807) is 61.1 Å². The first-order valence-electron chi connectivity index (χ1n) is 32.1. The Morgan fingerprint density at radius 1 is 0.455 bits per heavy atom. The van der Waals surface area contributed by atoms with Crippen LogP contribution in [0.15, 0.2) is 152 Å². The number of hydrogen-bond acceptors (Lipinski definition) is 13. The molecule has 2 aromatic heterocycles. The molecule has 0 bridgehead atoms. The number of piperidine rings is 2. The lowest BCUT2D eigenvalue weighted by Gasteiger charge is -2.48. The third kappa shape index (κ3) is 22.3. The highest BCUT2D eigenvalue weighted by molar-refractivity contribution is 5.70. The molecule has 0 aliphatic carbocycles. The molecule has 7 aromatic rings. The second-order valence-corrected chi connectivity index (χ2v) is 26.2. The molecule has 0 unspecified atom stereocenters. The molecular weight excluding hydrogens is 1320 g/mol. The van der Waals surface area contributed by atoms with Crippen LogP contribution in [0.25, 0.3) is 0 Å². The van der Waals surface area contributed by atoms with E-state index in [4.69, 9.17) is 19.3 Å². The summed E-state index contributed by atoms with van der Waals surface area (Å²) in [5.41, 5.74) is -4.86. The number of amides is 2. The predicted octanol–water partition coefficient (Wildman–Crippen LogP) is 17.5. The summed E-state index contributed by atoms with van der Waals surface area (Å²) in [6, 6.07) is 28.8. The number of ether oxygens (including phenoxy) is 3. The van der Waals surface area contributed by atoms with Crippen molar-refractivity contribution in [3.8, 4) is 11.5 Å². The number of rotatable bonds is 17. The van der Waals surface area contributed by atoms with E-state index < -0.39 is 94.5 Å². The van der Waals surface area contributed by atoms with Gasteiger partial charge in [-0.3, -0.25) is 0 Å². The van der Waals surface area contributed by atoms with Crippen molar-refractivity contribution < 1.29 is 86.7 Å². The van der Waals surface area contributed by atoms with Crippen molar-refractivity contribution in [1.29, 1.82) is 0 Å². The average molecular weight is 1400 g/mol. The zero-order valence-corrected chi connectivity index (χ0v) is 56.2. The summed E-state index contributed by atoms with van der Waals surface area (Å²) in [5.74, 6) is 0.189. The molecule has 99 heavy (non-hydrogen) atoms. The highest BCUT2D eigenvalue weighted by Crippen LogP contribution is 2.42. The standard InChI is InChI=1S/C39H42F6N4O3.C32H36F6N4O3.CH4O/c1-5-31-20-32(21-33(18-26-12-8-6-9-13-26)49(31)36(50)52-37(2,3)4)48(24-28-16-29(38(40,41)42)19-30(17-28)39(43,44)45)35-46-22-34(23-47-35)51-25-27-14-10-7-11-15-27;1-5-24-15-25(16-26(13-20-9-7-6-8-10-20)42(24)29(44)45-30(2,3)4)41(28-39-17-27(43)18-40-28)19-21-11-22(31(33,34)35)14-23(12-21)32(36,37)38;1-2/h6-17,19,22-23,31-33H,5,18,20-21,24-25H2,1-4H3;6-12,14,17-18,24-26,43H,5,13,15-16,19H2,1-4H3;2H,1H3/t31-,32+,33+;24-,25+,26+;/m11./s1. The summed E-state index contributed by atoms with van der Waals surface area (Å²) < 4.78 is 183. The number of aliphatic hydroxyl groups excluding tert-OH is 1. The maximum absolute atomic E-state index is 13.9. The van der Waals surface area contributed by atoms with Crippen LogP contribution < -0.4 is 14.5 Å². The van der Waals surface area contributed by atoms with E-state index in [9.17, 15) is 67.4 Å². The van der Waals surface area contributed by atoms with E-state index in [-0.39, 0.29) is 72.7 Å². The zero-order valence-electron chi connectivity index (χ0n) is 56.2. The second-order valence-electron chi connectivity index (χ2n) is 26.2. The SMILES string of the molecule is CC[C@@H]1C[C@H](N(Cc2cc(C(F)(F)F)cc(C(F)(F)F)c2)c2ncc(O)cn2)C[C@H](Cc2ccccc2)N1C(=O)OC(C)(C)C.CC[C@@H]1C[C@H](N(Cc2cc(C(F)(F)F)cc(C(F)(F)F)c2)c2ncc(OCc3ccccc3)cn2)C[C@H](Cc2ccccc2)N1C(=O)OC(C)(C)C.CO. The third-order valence-electron chi connectivity index (χ3n) is 16.4. The van der Waals surface area contributed by atoms with Crippen LogP contribution in [0.2, 0.25) is 0 Å². The number of aromatic hydroxyl groups is 1. The van der Waals surface area contributed by atoms with Gasteiger partial charge in [0.25, 0.3) is 0 Å². The van der Waals surface area contributed by atoms with Crippen LogP contribution in [-0.2, 0) is 66.7 Å². The Bertz CT molecular complexity index is 3630. The molecule has 0 spiro atoms. The fraction of sp³-hybridized carbons (Fsp3) is 0.444. The van der Waals surface area contributed by atoms with Gasteiger partial charge in [-0.1, -0.05) is 105 Å². The maximum Gasteiger partial charge on any atom is 0.416 e. The highest BCUT2D eigenvalue weighted by atomic mass is 19.4. The number of anilines is 2. The molecule has 536 valence electrons. The Labute approximate surface area is 567 Å². The van der Waals surface area contributed by atoms with Crippen LogP contribution in [-0.4, -0.2) is 107 Å². The first kappa shape index (κ1) is 77.5. The van der Waals surface area contributed by atoms with Gasteiger partial charge in [0.2, 0.25) is 11.9 Å². The van der Waals surface area contributed by atoms with Gasteiger partial charge in [0, 0.05) is 56.5 Å². The molecule has 27 heteroatoms. The number of hydrogen-bond donors (Lipinski definition) is 2. The Morgan fingerprint density at radius 3 is 1.06 bits per heavy atom. The van der Waals surface area contributed by atoms with E-state index in [0.29, 0.717) is 69.2 Å². The fourth-order valence-electron chi connectivity index (χ4n) is 12.2. The summed E-state index contributed by atoms with van der Waals surface area (Å²) in [6.45, 7) is 13.9. The number of halogens is 12. The Kier molecular flexibility index (Phi) is 25.7. The smallest absolute Gasteiger partial charge is 0.416 e. The van der Waals surface area contributed by atoms with Crippen molar-refractivity contribution in [2.24, 2.45) is 0 Å². The van der Waals surface area contributed by atoms with Gasteiger partial charge in [0.1, 0.15) is 17.8 Å². The minimum Gasteiger partial charge on any atom is -0.505 e. The van der Waals surface area contributed by atoms with Crippen molar-refractivity contribution in [1.82, 2.24) is 29.7 Å². The highest BCUT2D eigenvalue weighted by Gasteiger charge is 2.46. The van der Waals surface area contributed by atoms with Crippen LogP contribution in [0, 0.1) is 0 Å². The van der Waals surface area contributed by atoms with E-state index in [1.807, 2.05) is 105 Å². The van der Waals surface area contributed by atoms with Gasteiger partial charge in [-0.15, -0.1) is 0 Å². The fourth-order valence-corrected chi connectivity index (χ4v) is 12.2. The lowest BCUT2D eigenvalue weighted by Crippen LogP contribution is -2.58. The Hall–Kier alpha value is -8.88. The normalized spacial score (nSPS) is 18.4. The monoisotopic (exact) mass is 1400 g/mol. The first-order chi connectivity index (χ1) is 46.4. The van der Waals surface area contributed by atoms with Crippen LogP contribution in [0.5, 0.6) is 11.5 Å². The predicted molar refractivity (Wildman–Crippen MR) is 348 cm³/mol. The van der Waals surface area contributed by atoms with Gasteiger partial charge < -0.3 is 44.0 Å². The number of benzene rings is 5. The maximum atomic E-state index is 13.9. The molecule has 2 saturated heterocycles. The van der Waals surface area contributed by atoms with Crippen molar-refractivity contribution in [2.45, 2.75) is 199 Å². The van der Waals surface area contributed by atoms with Crippen LogP contribution in [0.3, 0.4) is 0 Å². The van der Waals surface area contributed by atoms with Gasteiger partial charge >= 0.3 is 36.9 Å². The molecule has 15 nitrogen and oxygen atoms in total. The van der Waals surface area contributed by atoms with E-state index in [2.05, 4.69) is 19.9 Å². The van der Waals surface area contributed by atoms with Crippen molar-refractivity contribution in [3.63, 3.8) is 0 Å². The quantitative estimate of drug-likeness (QED) is 0.0828. The summed E-state index contributed by atoms with van der Waals surface area (Å²) in [5, 5.41) is 16.8. The van der Waals surface area contributed by atoms with E-state index in [0.717, 1.165) is 48.3 Å². The van der Waals surface area contributed by atoms with Crippen LogP contribution >= 0.6 is 0 Å². The molecule has 0 saturated carbocycles. The average Bonchev–Trinajstić information content (AvgIpc) is 0.787. The van der Waals surface area contributed by atoms with E-state index >= 15 is 0 Å². The van der Waals surface area contributed by atoms with Crippen molar-refractivity contribution in [3.05, 3.63) is 202 Å². The molecule has 0 radical (unpaired) electrons. The summed E-state index contributed by atoms with van der Waals surface area (Å²) in [6.07, 6.45) is -12.8. The molecule has 6 atom stereocenters. The van der Waals surface area contributed by atoms with Gasteiger partial charge in [-0.2, -0.15) is 52.7 Å². The molecule has 9 rings (SSSR count). The number of carbonyl (C=O) groups excluding carboxylic acids is 2. The molecule has 2 aliphatic rings. The van der Waals surface area contributed by atoms with E-state index in [1.165, 1.54) is 12.4 Å². The Morgan fingerprint density at radius 2 is 0.758 bits per heavy atom. The minimum atomic E-state index is -5.01. The van der Waals surface area contributed by atoms with Gasteiger partial charge in [0.05, 0.1) is 47.0 Å². The lowest BCUT2D eigenvalue weighted by atomic mass is 9.86. The number of alkyl halides is 12. The van der Waals surface area contributed by atoms with Gasteiger partial charge in [0.15, 0.2) is 11.5 Å². The molecule has 4 heterocycles. The molecule has 2 amide bonds. The largest absolute Gasteiger partial charge is 0.505 e. The molecule has 2 N–H and O–H groups in total. The van der Waals surface area contributed by atoms with Crippen LogP contribution in [0.4, 0.5) is 74.2 Å². The number of nitrogens with zero attached hydrogens (tertiary/aromatic N) is 8. The van der Waals surface area contributed by atoms with Gasteiger partial charge in [-0.05, 0) is 157 Å². The molecule has 2 aliphatic heterocycles. The number of likely N-dealkylation sites (tertiary alicyclic amines) is 2. The first-order valence-corrected chi connectivity index (χ1v) is 32.1. The zero-order chi connectivity index (χ0) is 72.8. The second kappa shape index (κ2) is 32.9. The molecule has 5 aromatic carbocycles. The lowest BCUT2D eigenvalue weighted by molar-refractivity contribution is -0.144. The Balaban J connectivity index is 0.000000274. The summed E-state index contributed by atoms with van der Waals surface area (Å²) >= 11 is 0. The summed E-state index contributed by atoms with van der Waals surface area (Å²) in [4.78, 5) is 51.3.